The molecule has 0 aromatic heterocycles. The molecule has 1 unspecified atom stereocenters. The van der Waals surface area contributed by atoms with Crippen molar-refractivity contribution in [3.05, 3.63) is 97.9 Å². The van der Waals surface area contributed by atoms with Crippen molar-refractivity contribution in [1.29, 1.82) is 0 Å². The maximum atomic E-state index is 14.0. The molecule has 0 radical (unpaired) electrons. The van der Waals surface area contributed by atoms with Crippen LogP contribution in [0, 0.1) is 0 Å². The molecule has 39 heavy (non-hydrogen) atoms. The van der Waals surface area contributed by atoms with E-state index in [1.54, 1.807) is 25.1 Å². The SMILES string of the molecule is CCNC(=O)C(Cc1ccccc1)N(Cc1ccc(Cl)c(Cl)c1)C(=O)CN(c1cc(Cl)cc(Cl)c1)S(C)(=O)=O. The smallest absolute Gasteiger partial charge is 0.244 e. The summed E-state index contributed by atoms with van der Waals surface area (Å²) < 4.78 is 26.5. The summed E-state index contributed by atoms with van der Waals surface area (Å²) in [6.45, 7) is 1.49. The molecule has 0 aliphatic rings. The molecule has 0 saturated carbocycles. The van der Waals surface area contributed by atoms with Crippen LogP contribution in [0.25, 0.3) is 0 Å². The first-order chi connectivity index (χ1) is 18.4. The number of nitrogens with zero attached hydrogens (tertiary/aromatic N) is 2. The van der Waals surface area contributed by atoms with E-state index < -0.39 is 28.5 Å². The van der Waals surface area contributed by atoms with Gasteiger partial charge in [0, 0.05) is 29.6 Å². The zero-order valence-electron chi connectivity index (χ0n) is 21.2. The van der Waals surface area contributed by atoms with Gasteiger partial charge in [-0.1, -0.05) is 82.8 Å². The number of carbonyl (C=O) groups excluding carboxylic acids is 2. The average molecular weight is 631 g/mol. The molecule has 0 bridgehead atoms. The van der Waals surface area contributed by atoms with Gasteiger partial charge in [0.05, 0.1) is 22.0 Å². The summed E-state index contributed by atoms with van der Waals surface area (Å²) in [5.41, 5.74) is 1.55. The molecule has 7 nitrogen and oxygen atoms in total. The van der Waals surface area contributed by atoms with Crippen LogP contribution < -0.4 is 9.62 Å². The molecule has 0 saturated heterocycles. The molecule has 0 fully saturated rings. The molecule has 0 heterocycles. The highest BCUT2D eigenvalue weighted by Gasteiger charge is 2.33. The Kier molecular flexibility index (Phi) is 10.9. The van der Waals surface area contributed by atoms with Gasteiger partial charge in [-0.2, -0.15) is 0 Å². The number of hydrogen-bond donors (Lipinski definition) is 1. The van der Waals surface area contributed by atoms with Crippen LogP contribution in [-0.2, 0) is 32.6 Å². The van der Waals surface area contributed by atoms with Crippen molar-refractivity contribution in [3.63, 3.8) is 0 Å². The van der Waals surface area contributed by atoms with Crippen molar-refractivity contribution in [2.45, 2.75) is 25.9 Å². The number of nitrogens with one attached hydrogen (secondary N) is 1. The van der Waals surface area contributed by atoms with Gasteiger partial charge in [0.1, 0.15) is 12.6 Å². The lowest BCUT2D eigenvalue weighted by Crippen LogP contribution is -2.53. The maximum Gasteiger partial charge on any atom is 0.244 e. The van der Waals surface area contributed by atoms with Crippen LogP contribution in [0.15, 0.2) is 66.7 Å². The monoisotopic (exact) mass is 629 g/mol. The van der Waals surface area contributed by atoms with Crippen LogP contribution in [-0.4, -0.2) is 50.5 Å². The zero-order chi connectivity index (χ0) is 28.7. The second-order valence-electron chi connectivity index (χ2n) is 8.77. The third kappa shape index (κ3) is 8.75. The van der Waals surface area contributed by atoms with Gasteiger partial charge in [0.15, 0.2) is 0 Å². The highest BCUT2D eigenvalue weighted by molar-refractivity contribution is 7.92. The fourth-order valence-corrected chi connectivity index (χ4v) is 5.65. The molecule has 1 N–H and O–H groups in total. The van der Waals surface area contributed by atoms with Gasteiger partial charge in [-0.3, -0.25) is 13.9 Å². The number of amides is 2. The minimum absolute atomic E-state index is 0.0295. The van der Waals surface area contributed by atoms with Gasteiger partial charge in [0.25, 0.3) is 0 Å². The van der Waals surface area contributed by atoms with Crippen LogP contribution in [0.1, 0.15) is 18.1 Å². The molecule has 0 aliphatic carbocycles. The summed E-state index contributed by atoms with van der Waals surface area (Å²) in [7, 11) is -3.95. The molecule has 208 valence electrons. The van der Waals surface area contributed by atoms with Crippen LogP contribution in [0.4, 0.5) is 5.69 Å². The largest absolute Gasteiger partial charge is 0.355 e. The number of likely N-dealkylation sites (N-methyl/N-ethyl adjacent to an activating group) is 1. The number of hydrogen-bond acceptors (Lipinski definition) is 4. The number of benzene rings is 3. The summed E-state index contributed by atoms with van der Waals surface area (Å²) in [6.07, 6.45) is 1.17. The van der Waals surface area contributed by atoms with Crippen molar-refractivity contribution in [3.8, 4) is 0 Å². The van der Waals surface area contributed by atoms with E-state index in [0.717, 1.165) is 16.1 Å². The predicted molar refractivity (Wildman–Crippen MR) is 158 cm³/mol. The fraction of sp³-hybridized carbons (Fsp3) is 0.259. The van der Waals surface area contributed by atoms with Crippen LogP contribution >= 0.6 is 46.4 Å². The topological polar surface area (TPSA) is 86.8 Å². The van der Waals surface area contributed by atoms with Gasteiger partial charge in [-0.05, 0) is 48.4 Å². The quantitative estimate of drug-likeness (QED) is 0.288. The van der Waals surface area contributed by atoms with E-state index in [1.807, 2.05) is 30.3 Å². The second-order valence-corrected chi connectivity index (χ2v) is 12.4. The lowest BCUT2D eigenvalue weighted by atomic mass is 10.0. The van der Waals surface area contributed by atoms with E-state index in [0.29, 0.717) is 17.1 Å². The van der Waals surface area contributed by atoms with Crippen LogP contribution in [0.2, 0.25) is 20.1 Å². The molecule has 3 aromatic rings. The average Bonchev–Trinajstić information content (AvgIpc) is 2.86. The molecule has 0 spiro atoms. The Labute approximate surface area is 248 Å². The highest BCUT2D eigenvalue weighted by Crippen LogP contribution is 2.28. The van der Waals surface area contributed by atoms with E-state index in [9.17, 15) is 18.0 Å². The first kappa shape index (κ1) is 31.0. The Morgan fingerprint density at radius 1 is 0.872 bits per heavy atom. The third-order valence-corrected chi connectivity index (χ3v) is 8.09. The van der Waals surface area contributed by atoms with E-state index in [1.165, 1.54) is 23.1 Å². The normalized spacial score (nSPS) is 12.1. The number of halogens is 4. The predicted octanol–water partition coefficient (Wildman–Crippen LogP) is 5.84. The molecule has 3 rings (SSSR count). The fourth-order valence-electron chi connectivity index (χ4n) is 3.98. The molecule has 1 atom stereocenters. The Morgan fingerprint density at radius 3 is 2.08 bits per heavy atom. The van der Waals surface area contributed by atoms with Crippen molar-refractivity contribution < 1.29 is 18.0 Å². The van der Waals surface area contributed by atoms with Gasteiger partial charge in [-0.15, -0.1) is 0 Å². The number of sulfonamides is 1. The Bertz CT molecular complexity index is 1420. The molecule has 0 aliphatic heterocycles. The number of anilines is 1. The van der Waals surface area contributed by atoms with Gasteiger partial charge < -0.3 is 10.2 Å². The molecule has 12 heteroatoms. The zero-order valence-corrected chi connectivity index (χ0v) is 25.0. The van der Waals surface area contributed by atoms with Gasteiger partial charge in [0.2, 0.25) is 21.8 Å². The minimum Gasteiger partial charge on any atom is -0.355 e. The number of rotatable bonds is 11. The van der Waals surface area contributed by atoms with E-state index in [4.69, 9.17) is 46.4 Å². The second kappa shape index (κ2) is 13.7. The van der Waals surface area contributed by atoms with E-state index >= 15 is 0 Å². The van der Waals surface area contributed by atoms with Crippen molar-refractivity contribution >= 4 is 73.9 Å². The highest BCUT2D eigenvalue weighted by atomic mass is 35.5. The summed E-state index contributed by atoms with van der Waals surface area (Å²) in [4.78, 5) is 28.6. The molecule has 2 amide bonds. The summed E-state index contributed by atoms with van der Waals surface area (Å²) >= 11 is 24.5. The van der Waals surface area contributed by atoms with Crippen molar-refractivity contribution in [2.75, 3.05) is 23.7 Å². The molecule has 3 aromatic carbocycles. The third-order valence-electron chi connectivity index (χ3n) is 5.77. The Balaban J connectivity index is 2.07. The summed E-state index contributed by atoms with van der Waals surface area (Å²) in [5, 5.41) is 3.82. The first-order valence-electron chi connectivity index (χ1n) is 11.9. The standard InChI is InChI=1S/C27H27Cl4N3O4S/c1-3-32-27(36)25(12-18-7-5-4-6-8-18)33(16-19-9-10-23(30)24(31)11-19)26(35)17-34(39(2,37)38)22-14-20(28)13-21(29)15-22/h4-11,13-15,25H,3,12,16-17H2,1-2H3,(H,32,36). The lowest BCUT2D eigenvalue weighted by molar-refractivity contribution is -0.140. The Morgan fingerprint density at radius 2 is 1.51 bits per heavy atom. The van der Waals surface area contributed by atoms with Gasteiger partial charge in [-0.25, -0.2) is 8.42 Å². The van der Waals surface area contributed by atoms with E-state index in [-0.39, 0.29) is 39.6 Å². The van der Waals surface area contributed by atoms with E-state index in [2.05, 4.69) is 5.32 Å². The van der Waals surface area contributed by atoms with Gasteiger partial charge >= 0.3 is 0 Å². The minimum atomic E-state index is -3.95. The Hall–Kier alpha value is -2.49. The molecular formula is C27H27Cl4N3O4S. The maximum absolute atomic E-state index is 14.0. The van der Waals surface area contributed by atoms with Crippen molar-refractivity contribution in [1.82, 2.24) is 10.2 Å². The summed E-state index contributed by atoms with van der Waals surface area (Å²) in [6, 6.07) is 17.4. The summed E-state index contributed by atoms with van der Waals surface area (Å²) in [5.74, 6) is -0.999. The lowest BCUT2D eigenvalue weighted by Gasteiger charge is -2.33. The first-order valence-corrected chi connectivity index (χ1v) is 15.2. The van der Waals surface area contributed by atoms with Crippen LogP contribution in [0.5, 0.6) is 0 Å². The number of carbonyl (C=O) groups is 2. The van der Waals surface area contributed by atoms with Crippen LogP contribution in [0.3, 0.4) is 0 Å². The van der Waals surface area contributed by atoms with Crippen molar-refractivity contribution in [2.24, 2.45) is 0 Å². The molecular weight excluding hydrogens is 604 g/mol.